The van der Waals surface area contributed by atoms with Crippen LogP contribution in [0, 0.1) is 11.8 Å². The van der Waals surface area contributed by atoms with Crippen molar-refractivity contribution in [2.75, 3.05) is 0 Å². The Morgan fingerprint density at radius 1 is 1.38 bits per heavy atom. The van der Waals surface area contributed by atoms with Gasteiger partial charge in [0.15, 0.2) is 0 Å². The zero-order valence-electron chi connectivity index (χ0n) is 8.46. The van der Waals surface area contributed by atoms with Gasteiger partial charge in [-0.25, -0.2) is 0 Å². The van der Waals surface area contributed by atoms with E-state index in [9.17, 15) is 4.79 Å². The van der Waals surface area contributed by atoms with Crippen LogP contribution in [0.5, 0.6) is 0 Å². The van der Waals surface area contributed by atoms with Crippen LogP contribution >= 0.6 is 0 Å². The first-order valence-electron chi connectivity index (χ1n) is 5.48. The third kappa shape index (κ3) is 3.02. The van der Waals surface area contributed by atoms with Gasteiger partial charge in [0.05, 0.1) is 5.92 Å². The number of carboxylic acids is 1. The molecule has 1 aliphatic rings. The normalized spacial score (nSPS) is 21.3. The molecule has 1 saturated carbocycles. The largest absolute Gasteiger partial charge is 0.481 e. The Balaban J connectivity index is 2.46. The number of hydrogen-bond acceptors (Lipinski definition) is 1. The van der Waals surface area contributed by atoms with Gasteiger partial charge in [-0.05, 0) is 25.2 Å². The number of carbonyl (C=O) groups is 1. The van der Waals surface area contributed by atoms with Crippen molar-refractivity contribution in [1.29, 1.82) is 0 Å². The van der Waals surface area contributed by atoms with Crippen LogP contribution < -0.4 is 0 Å². The molecule has 1 aliphatic carbocycles. The minimum absolute atomic E-state index is 0.0645. The zero-order valence-corrected chi connectivity index (χ0v) is 8.46. The van der Waals surface area contributed by atoms with Gasteiger partial charge >= 0.3 is 5.97 Å². The van der Waals surface area contributed by atoms with Crippen LogP contribution in [-0.4, -0.2) is 11.1 Å². The highest BCUT2D eigenvalue weighted by Gasteiger charge is 2.28. The molecule has 13 heavy (non-hydrogen) atoms. The van der Waals surface area contributed by atoms with Gasteiger partial charge in [0.2, 0.25) is 0 Å². The van der Waals surface area contributed by atoms with Crippen molar-refractivity contribution in [3.63, 3.8) is 0 Å². The molecule has 2 nitrogen and oxygen atoms in total. The molecule has 0 amide bonds. The molecule has 1 atom stereocenters. The zero-order chi connectivity index (χ0) is 9.68. The Morgan fingerprint density at radius 3 is 2.46 bits per heavy atom. The van der Waals surface area contributed by atoms with E-state index in [1.165, 1.54) is 19.3 Å². The van der Waals surface area contributed by atoms with Gasteiger partial charge in [-0.1, -0.05) is 32.6 Å². The maximum atomic E-state index is 11.0. The molecule has 0 aliphatic heterocycles. The topological polar surface area (TPSA) is 37.3 Å². The summed E-state index contributed by atoms with van der Waals surface area (Å²) in [5.41, 5.74) is 0. The van der Waals surface area contributed by atoms with E-state index in [-0.39, 0.29) is 5.92 Å². The lowest BCUT2D eigenvalue weighted by atomic mass is 9.78. The van der Waals surface area contributed by atoms with Crippen LogP contribution in [0.4, 0.5) is 0 Å². The number of rotatable bonds is 4. The molecule has 0 radical (unpaired) electrons. The third-order valence-electron chi connectivity index (χ3n) is 3.14. The lowest BCUT2D eigenvalue weighted by Crippen LogP contribution is -2.25. The van der Waals surface area contributed by atoms with Crippen LogP contribution in [0.3, 0.4) is 0 Å². The van der Waals surface area contributed by atoms with Crippen molar-refractivity contribution in [3.05, 3.63) is 0 Å². The number of carboxylic acid groups (broad SMARTS) is 1. The highest BCUT2D eigenvalue weighted by atomic mass is 16.4. The Morgan fingerprint density at radius 2 is 2.00 bits per heavy atom. The molecule has 0 aromatic heterocycles. The van der Waals surface area contributed by atoms with Gasteiger partial charge < -0.3 is 5.11 Å². The van der Waals surface area contributed by atoms with Crippen molar-refractivity contribution >= 4 is 5.97 Å². The first kappa shape index (κ1) is 10.6. The second-order valence-corrected chi connectivity index (χ2v) is 4.13. The first-order chi connectivity index (χ1) is 6.25. The predicted octanol–water partition coefficient (Wildman–Crippen LogP) is 3.07. The summed E-state index contributed by atoms with van der Waals surface area (Å²) in [6.45, 7) is 2.07. The lowest BCUT2D eigenvalue weighted by Gasteiger charge is -2.27. The standard InChI is InChI=1S/C11H20O2/c1-2-6-10(11(12)13)9-7-4-3-5-8-9/h9-10H,2-8H2,1H3,(H,12,13). The average molecular weight is 184 g/mol. The van der Waals surface area contributed by atoms with E-state index < -0.39 is 5.97 Å². The van der Waals surface area contributed by atoms with E-state index in [0.29, 0.717) is 5.92 Å². The second kappa shape index (κ2) is 5.25. The van der Waals surface area contributed by atoms with E-state index in [2.05, 4.69) is 6.92 Å². The van der Waals surface area contributed by atoms with Gasteiger partial charge in [-0.2, -0.15) is 0 Å². The van der Waals surface area contributed by atoms with Crippen LogP contribution in [0.2, 0.25) is 0 Å². The van der Waals surface area contributed by atoms with Gasteiger partial charge in [0, 0.05) is 0 Å². The molecule has 1 N–H and O–H groups in total. The fourth-order valence-corrected chi connectivity index (χ4v) is 2.41. The summed E-state index contributed by atoms with van der Waals surface area (Å²) in [5.74, 6) is -0.176. The lowest BCUT2D eigenvalue weighted by molar-refractivity contribution is -0.144. The molecule has 2 heteroatoms. The Bertz CT molecular complexity index is 159. The monoisotopic (exact) mass is 184 g/mol. The summed E-state index contributed by atoms with van der Waals surface area (Å²) in [6, 6.07) is 0. The van der Waals surface area contributed by atoms with Gasteiger partial charge in [-0.15, -0.1) is 0 Å². The summed E-state index contributed by atoms with van der Waals surface area (Å²) in [5, 5.41) is 9.06. The molecule has 76 valence electrons. The Labute approximate surface area is 80.3 Å². The van der Waals surface area contributed by atoms with Crippen LogP contribution in [0.25, 0.3) is 0 Å². The van der Waals surface area contributed by atoms with Crippen molar-refractivity contribution in [2.45, 2.75) is 51.9 Å². The molecular formula is C11H20O2. The van der Waals surface area contributed by atoms with Crippen LogP contribution in [0.1, 0.15) is 51.9 Å². The first-order valence-corrected chi connectivity index (χ1v) is 5.48. The smallest absolute Gasteiger partial charge is 0.306 e. The minimum atomic E-state index is -0.575. The minimum Gasteiger partial charge on any atom is -0.481 e. The fourth-order valence-electron chi connectivity index (χ4n) is 2.41. The fraction of sp³-hybridized carbons (Fsp3) is 0.909. The summed E-state index contributed by atoms with van der Waals surface area (Å²) in [6.07, 6.45) is 7.90. The molecule has 1 unspecified atom stereocenters. The van der Waals surface area contributed by atoms with Crippen molar-refractivity contribution in [1.82, 2.24) is 0 Å². The second-order valence-electron chi connectivity index (χ2n) is 4.13. The molecular weight excluding hydrogens is 164 g/mol. The molecule has 1 fully saturated rings. The molecule has 1 rings (SSSR count). The molecule has 0 bridgehead atoms. The van der Waals surface area contributed by atoms with E-state index in [0.717, 1.165) is 25.7 Å². The highest BCUT2D eigenvalue weighted by Crippen LogP contribution is 2.32. The summed E-state index contributed by atoms with van der Waals surface area (Å²) >= 11 is 0. The average Bonchev–Trinajstić information content (AvgIpc) is 2.15. The molecule has 0 aromatic rings. The Hall–Kier alpha value is -0.530. The van der Waals surface area contributed by atoms with E-state index in [1.807, 2.05) is 0 Å². The maximum Gasteiger partial charge on any atom is 0.306 e. The van der Waals surface area contributed by atoms with E-state index >= 15 is 0 Å². The van der Waals surface area contributed by atoms with Crippen molar-refractivity contribution < 1.29 is 9.90 Å². The third-order valence-corrected chi connectivity index (χ3v) is 3.14. The van der Waals surface area contributed by atoms with Gasteiger partial charge in [0.1, 0.15) is 0 Å². The molecule has 0 spiro atoms. The SMILES string of the molecule is CCCC(C(=O)O)C1CCCCC1. The van der Waals surface area contributed by atoms with Crippen LogP contribution in [0.15, 0.2) is 0 Å². The Kier molecular flexibility index (Phi) is 4.26. The maximum absolute atomic E-state index is 11.0. The quantitative estimate of drug-likeness (QED) is 0.729. The van der Waals surface area contributed by atoms with Gasteiger partial charge in [-0.3, -0.25) is 4.79 Å². The predicted molar refractivity (Wildman–Crippen MR) is 52.6 cm³/mol. The molecule has 0 aromatic carbocycles. The summed E-state index contributed by atoms with van der Waals surface area (Å²) in [4.78, 5) is 11.0. The van der Waals surface area contributed by atoms with Crippen LogP contribution in [-0.2, 0) is 4.79 Å². The summed E-state index contributed by atoms with van der Waals surface area (Å²) in [7, 11) is 0. The molecule has 0 saturated heterocycles. The summed E-state index contributed by atoms with van der Waals surface area (Å²) < 4.78 is 0. The van der Waals surface area contributed by atoms with E-state index in [4.69, 9.17) is 5.11 Å². The number of hydrogen-bond donors (Lipinski definition) is 1. The van der Waals surface area contributed by atoms with Crippen molar-refractivity contribution in [2.24, 2.45) is 11.8 Å². The highest BCUT2D eigenvalue weighted by molar-refractivity contribution is 5.70. The van der Waals surface area contributed by atoms with Gasteiger partial charge in [0.25, 0.3) is 0 Å². The number of aliphatic carboxylic acids is 1. The van der Waals surface area contributed by atoms with Crippen molar-refractivity contribution in [3.8, 4) is 0 Å². The van der Waals surface area contributed by atoms with E-state index in [1.54, 1.807) is 0 Å². The molecule has 0 heterocycles.